The van der Waals surface area contributed by atoms with Crippen LogP contribution in [0.25, 0.3) is 16.4 Å². The number of likely N-dealkylation sites (tertiary alicyclic amines) is 1. The number of aliphatic hydroxyl groups is 1. The van der Waals surface area contributed by atoms with E-state index in [1.54, 1.807) is 53.0 Å². The first kappa shape index (κ1) is 19.6. The van der Waals surface area contributed by atoms with Crippen molar-refractivity contribution in [3.63, 3.8) is 0 Å². The Morgan fingerprint density at radius 2 is 2.10 bits per heavy atom. The summed E-state index contributed by atoms with van der Waals surface area (Å²) in [4.78, 5) is 17.8. The number of rotatable bonds is 3. The Labute approximate surface area is 178 Å². The average Bonchev–Trinajstić information content (AvgIpc) is 3.39. The lowest BCUT2D eigenvalue weighted by atomic mass is 10.1. The number of hydrogen-bond donors (Lipinski definition) is 2. The molecule has 1 fully saturated rings. The van der Waals surface area contributed by atoms with Crippen LogP contribution in [0.5, 0.6) is 11.5 Å². The van der Waals surface area contributed by atoms with Crippen molar-refractivity contribution in [2.45, 2.75) is 32.8 Å². The maximum absolute atomic E-state index is 15.0. The number of ether oxygens (including phenoxy) is 1. The zero-order valence-electron chi connectivity index (χ0n) is 17.6. The van der Waals surface area contributed by atoms with Gasteiger partial charge < -0.3 is 19.7 Å². The molecule has 5 rings (SSSR count). The van der Waals surface area contributed by atoms with Crippen LogP contribution in [0, 0.1) is 19.7 Å². The minimum Gasteiger partial charge on any atom is -0.452 e. The third kappa shape index (κ3) is 3.23. The predicted molar refractivity (Wildman–Crippen MR) is 114 cm³/mol. The van der Waals surface area contributed by atoms with E-state index in [1.807, 2.05) is 13.8 Å². The molecule has 1 aromatic carbocycles. The van der Waals surface area contributed by atoms with Gasteiger partial charge in [0.2, 0.25) is 0 Å². The molecule has 4 aromatic rings. The first-order valence-electron chi connectivity index (χ1n) is 10.2. The van der Waals surface area contributed by atoms with Crippen molar-refractivity contribution in [3.8, 4) is 11.5 Å². The molecule has 0 radical (unpaired) electrons. The molecule has 31 heavy (non-hydrogen) atoms. The lowest BCUT2D eigenvalue weighted by Crippen LogP contribution is -2.34. The highest BCUT2D eigenvalue weighted by atomic mass is 19.1. The fourth-order valence-electron chi connectivity index (χ4n) is 4.30. The minimum absolute atomic E-state index is 0.101. The molecule has 4 heterocycles. The SMILES string of the molecule is Cc1cc2c(F)c(Oc3ccnn4cc(C(=O)N5CC[C@@](C)(O)C5)c(C)c34)ccc2[nH]1. The molecule has 0 spiro atoms. The number of β-amino-alcohol motifs (C(OH)–C–C–N with tert-alkyl or cyclic N) is 1. The van der Waals surface area contributed by atoms with Crippen LogP contribution in [0.1, 0.15) is 35.0 Å². The molecule has 0 bridgehead atoms. The summed E-state index contributed by atoms with van der Waals surface area (Å²) in [6, 6.07) is 6.76. The maximum Gasteiger partial charge on any atom is 0.255 e. The van der Waals surface area contributed by atoms with E-state index in [-0.39, 0.29) is 18.2 Å². The van der Waals surface area contributed by atoms with Crippen LogP contribution < -0.4 is 4.74 Å². The summed E-state index contributed by atoms with van der Waals surface area (Å²) in [5.74, 6) is -0.104. The van der Waals surface area contributed by atoms with Crippen molar-refractivity contribution in [1.82, 2.24) is 19.5 Å². The Kier molecular flexibility index (Phi) is 4.30. The largest absolute Gasteiger partial charge is 0.452 e. The van der Waals surface area contributed by atoms with Gasteiger partial charge in [-0.2, -0.15) is 5.10 Å². The summed E-state index contributed by atoms with van der Waals surface area (Å²) in [5.41, 5.74) is 2.47. The van der Waals surface area contributed by atoms with Crippen molar-refractivity contribution in [2.75, 3.05) is 13.1 Å². The van der Waals surface area contributed by atoms with E-state index in [0.717, 1.165) is 5.69 Å². The molecular formula is C23H23FN4O3. The molecule has 1 saturated heterocycles. The number of benzene rings is 1. The number of hydrogen-bond acceptors (Lipinski definition) is 4. The van der Waals surface area contributed by atoms with Crippen molar-refractivity contribution in [1.29, 1.82) is 0 Å². The third-order valence-electron chi connectivity index (χ3n) is 5.92. The fraction of sp³-hybridized carbons (Fsp3) is 0.304. The predicted octanol–water partition coefficient (Wildman–Crippen LogP) is 3.96. The molecule has 0 unspecified atom stereocenters. The number of aromatic amines is 1. The van der Waals surface area contributed by atoms with Gasteiger partial charge in [-0.1, -0.05) is 0 Å². The third-order valence-corrected chi connectivity index (χ3v) is 5.92. The summed E-state index contributed by atoms with van der Waals surface area (Å²) in [5, 5.41) is 15.0. The molecule has 0 saturated carbocycles. The van der Waals surface area contributed by atoms with Crippen LogP contribution in [0.3, 0.4) is 0 Å². The second-order valence-corrected chi connectivity index (χ2v) is 8.52. The smallest absolute Gasteiger partial charge is 0.255 e. The summed E-state index contributed by atoms with van der Waals surface area (Å²) in [6.45, 7) is 6.20. The lowest BCUT2D eigenvalue weighted by Gasteiger charge is -2.18. The number of nitrogens with one attached hydrogen (secondary N) is 1. The summed E-state index contributed by atoms with van der Waals surface area (Å²) < 4.78 is 22.6. The highest BCUT2D eigenvalue weighted by Crippen LogP contribution is 2.35. The van der Waals surface area contributed by atoms with Gasteiger partial charge >= 0.3 is 0 Å². The van der Waals surface area contributed by atoms with Gasteiger partial charge in [-0.3, -0.25) is 4.79 Å². The first-order valence-corrected chi connectivity index (χ1v) is 10.2. The normalized spacial score (nSPS) is 18.9. The van der Waals surface area contributed by atoms with Crippen LogP contribution in [-0.2, 0) is 0 Å². The van der Waals surface area contributed by atoms with E-state index < -0.39 is 11.4 Å². The van der Waals surface area contributed by atoms with E-state index in [4.69, 9.17) is 4.74 Å². The topological polar surface area (TPSA) is 82.9 Å². The Hall–Kier alpha value is -3.39. The average molecular weight is 422 g/mol. The molecule has 0 aliphatic carbocycles. The number of nitrogens with zero attached hydrogens (tertiary/aromatic N) is 3. The van der Waals surface area contributed by atoms with Crippen LogP contribution in [0.15, 0.2) is 36.7 Å². The van der Waals surface area contributed by atoms with Gasteiger partial charge in [0.1, 0.15) is 5.52 Å². The fourth-order valence-corrected chi connectivity index (χ4v) is 4.30. The molecule has 1 aliphatic heterocycles. The van der Waals surface area contributed by atoms with Gasteiger partial charge in [0.05, 0.1) is 17.4 Å². The van der Waals surface area contributed by atoms with E-state index >= 15 is 4.39 Å². The zero-order valence-corrected chi connectivity index (χ0v) is 17.6. The molecule has 7 nitrogen and oxygen atoms in total. The number of aryl methyl sites for hydroxylation is 2. The zero-order chi connectivity index (χ0) is 21.9. The van der Waals surface area contributed by atoms with Crippen LogP contribution in [-0.4, -0.2) is 49.2 Å². The van der Waals surface area contributed by atoms with Crippen LogP contribution in [0.4, 0.5) is 4.39 Å². The van der Waals surface area contributed by atoms with Crippen LogP contribution >= 0.6 is 0 Å². The van der Waals surface area contributed by atoms with Crippen LogP contribution in [0.2, 0.25) is 0 Å². The summed E-state index contributed by atoms with van der Waals surface area (Å²) in [6.07, 6.45) is 3.74. The second kappa shape index (κ2) is 6.81. The molecular weight excluding hydrogens is 399 g/mol. The van der Waals surface area contributed by atoms with Gasteiger partial charge in [-0.05, 0) is 51.0 Å². The molecule has 8 heteroatoms. The van der Waals surface area contributed by atoms with E-state index in [9.17, 15) is 9.90 Å². The Bertz CT molecular complexity index is 1340. The first-order chi connectivity index (χ1) is 14.7. The Balaban J connectivity index is 1.54. The number of amides is 1. The minimum atomic E-state index is -0.873. The van der Waals surface area contributed by atoms with Gasteiger partial charge in [0.25, 0.3) is 5.91 Å². The monoisotopic (exact) mass is 422 g/mol. The van der Waals surface area contributed by atoms with E-state index in [0.29, 0.717) is 46.3 Å². The van der Waals surface area contributed by atoms with Gasteiger partial charge in [-0.25, -0.2) is 8.91 Å². The van der Waals surface area contributed by atoms with Gasteiger partial charge in [0, 0.05) is 41.9 Å². The molecule has 1 aliphatic rings. The summed E-state index contributed by atoms with van der Waals surface area (Å²) >= 11 is 0. The van der Waals surface area contributed by atoms with Crippen molar-refractivity contribution in [3.05, 3.63) is 59.3 Å². The standard InChI is InChI=1S/C23H23FN4O3/c1-13-10-15-17(26-13)4-5-18(20(15)24)31-19-6-8-25-28-11-16(14(2)21(19)28)22(29)27-9-7-23(3,30)12-27/h4-6,8,10-11,26,30H,7,9,12H2,1-3H3/t23-/m1/s1. The number of carbonyl (C=O) groups excluding carboxylic acids is 1. The highest BCUT2D eigenvalue weighted by Gasteiger charge is 2.35. The lowest BCUT2D eigenvalue weighted by molar-refractivity contribution is 0.0572. The van der Waals surface area contributed by atoms with Crippen molar-refractivity contribution in [2.24, 2.45) is 0 Å². The molecule has 1 amide bonds. The number of fused-ring (bicyclic) bond motifs is 2. The second-order valence-electron chi connectivity index (χ2n) is 8.52. The van der Waals surface area contributed by atoms with Crippen molar-refractivity contribution >= 4 is 22.3 Å². The highest BCUT2D eigenvalue weighted by molar-refractivity contribution is 5.98. The number of aromatic nitrogens is 3. The number of H-pyrrole nitrogens is 1. The van der Waals surface area contributed by atoms with Gasteiger partial charge in [-0.15, -0.1) is 0 Å². The van der Waals surface area contributed by atoms with E-state index in [1.165, 1.54) is 0 Å². The summed E-state index contributed by atoms with van der Waals surface area (Å²) in [7, 11) is 0. The quantitative estimate of drug-likeness (QED) is 0.524. The Morgan fingerprint density at radius 3 is 2.84 bits per heavy atom. The number of halogens is 1. The van der Waals surface area contributed by atoms with Crippen molar-refractivity contribution < 1.29 is 19.0 Å². The number of carbonyl (C=O) groups is 1. The maximum atomic E-state index is 15.0. The molecule has 3 aromatic heterocycles. The van der Waals surface area contributed by atoms with Gasteiger partial charge in [0.15, 0.2) is 17.3 Å². The Morgan fingerprint density at radius 1 is 1.29 bits per heavy atom. The molecule has 2 N–H and O–H groups in total. The van der Waals surface area contributed by atoms with E-state index in [2.05, 4.69) is 10.1 Å². The molecule has 160 valence electrons. The molecule has 1 atom stereocenters.